The highest BCUT2D eigenvalue weighted by Gasteiger charge is 2.34. The monoisotopic (exact) mass is 625 g/mol. The molecule has 1 aliphatic rings. The van der Waals surface area contributed by atoms with Gasteiger partial charge in [-0.1, -0.05) is 31.9 Å². The van der Waals surface area contributed by atoms with E-state index in [-0.39, 0.29) is 29.1 Å². The number of carbonyl (C=O) groups is 2. The van der Waals surface area contributed by atoms with Crippen molar-refractivity contribution in [3.05, 3.63) is 84.2 Å². The number of anilines is 1. The van der Waals surface area contributed by atoms with E-state index in [0.717, 1.165) is 59.8 Å². The summed E-state index contributed by atoms with van der Waals surface area (Å²) in [7, 11) is -2.76. The topological polar surface area (TPSA) is 105 Å². The molecule has 236 valence electrons. The van der Waals surface area contributed by atoms with Gasteiger partial charge in [-0.25, -0.2) is 12.8 Å². The summed E-state index contributed by atoms with van der Waals surface area (Å²) in [6.45, 7) is 3.58. The van der Waals surface area contributed by atoms with Crippen molar-refractivity contribution in [3.8, 4) is 11.5 Å². The second-order valence-electron chi connectivity index (χ2n) is 10.7. The molecule has 1 aliphatic carbocycles. The molecule has 3 aromatic carbocycles. The van der Waals surface area contributed by atoms with Gasteiger partial charge < -0.3 is 19.7 Å². The highest BCUT2D eigenvalue weighted by Crippen LogP contribution is 2.27. The molecule has 0 bridgehead atoms. The van der Waals surface area contributed by atoms with Crippen molar-refractivity contribution >= 4 is 27.5 Å². The number of amides is 2. The molecule has 0 spiro atoms. The molecule has 0 unspecified atom stereocenters. The molecular formula is C33H40FN3O6S. The van der Waals surface area contributed by atoms with Crippen LogP contribution in [0.1, 0.15) is 51.5 Å². The SMILES string of the molecule is CCOc1ccc(N(CC(=O)N(Cc2ccc(OC)cc2)[C@H](CC)C(=O)NC2CCCC2)S(=O)(=O)c2ccc(F)cc2)cc1. The Bertz CT molecular complexity index is 1490. The maximum atomic E-state index is 14.2. The summed E-state index contributed by atoms with van der Waals surface area (Å²) in [5, 5.41) is 3.10. The van der Waals surface area contributed by atoms with Gasteiger partial charge in [0.2, 0.25) is 11.8 Å². The summed E-state index contributed by atoms with van der Waals surface area (Å²) in [5.74, 6) is -0.233. The van der Waals surface area contributed by atoms with Crippen LogP contribution in [0.25, 0.3) is 0 Å². The van der Waals surface area contributed by atoms with Crippen LogP contribution in [-0.2, 0) is 26.2 Å². The number of nitrogens with one attached hydrogen (secondary N) is 1. The Kier molecular flexibility index (Phi) is 11.2. The predicted octanol–water partition coefficient (Wildman–Crippen LogP) is 5.29. The average molecular weight is 626 g/mol. The summed E-state index contributed by atoms with van der Waals surface area (Å²) in [5.41, 5.74) is 0.972. The van der Waals surface area contributed by atoms with Crippen molar-refractivity contribution in [1.29, 1.82) is 0 Å². The number of carbonyl (C=O) groups excluding carboxylic acids is 2. The van der Waals surface area contributed by atoms with Crippen molar-refractivity contribution in [2.24, 2.45) is 0 Å². The average Bonchev–Trinajstić information content (AvgIpc) is 3.54. The molecule has 0 heterocycles. The van der Waals surface area contributed by atoms with Crippen LogP contribution in [0.2, 0.25) is 0 Å². The molecule has 1 atom stereocenters. The zero-order chi connectivity index (χ0) is 31.7. The minimum atomic E-state index is -4.32. The summed E-state index contributed by atoms with van der Waals surface area (Å²) in [6, 6.07) is 17.1. The summed E-state index contributed by atoms with van der Waals surface area (Å²) in [6.07, 6.45) is 4.17. The second kappa shape index (κ2) is 15.1. The van der Waals surface area contributed by atoms with E-state index in [1.165, 1.54) is 4.90 Å². The number of sulfonamides is 1. The van der Waals surface area contributed by atoms with E-state index < -0.39 is 34.3 Å². The Morgan fingerprint density at radius 2 is 1.55 bits per heavy atom. The van der Waals surface area contributed by atoms with Gasteiger partial charge in [0.05, 0.1) is 24.3 Å². The Morgan fingerprint density at radius 1 is 0.932 bits per heavy atom. The quantitative estimate of drug-likeness (QED) is 0.261. The first-order valence-corrected chi connectivity index (χ1v) is 16.3. The molecular weight excluding hydrogens is 585 g/mol. The minimum absolute atomic E-state index is 0.0497. The number of methoxy groups -OCH3 is 1. The van der Waals surface area contributed by atoms with Crippen molar-refractivity contribution in [1.82, 2.24) is 10.2 Å². The van der Waals surface area contributed by atoms with Gasteiger partial charge >= 0.3 is 0 Å². The van der Waals surface area contributed by atoms with Gasteiger partial charge in [-0.05, 0) is 92.4 Å². The maximum Gasteiger partial charge on any atom is 0.264 e. The van der Waals surface area contributed by atoms with Crippen LogP contribution in [0.15, 0.2) is 77.7 Å². The van der Waals surface area contributed by atoms with Gasteiger partial charge in [-0.15, -0.1) is 0 Å². The fourth-order valence-electron chi connectivity index (χ4n) is 5.35. The Morgan fingerprint density at radius 3 is 2.11 bits per heavy atom. The lowest BCUT2D eigenvalue weighted by molar-refractivity contribution is -0.140. The number of nitrogens with zero attached hydrogens (tertiary/aromatic N) is 2. The molecule has 1 N–H and O–H groups in total. The smallest absolute Gasteiger partial charge is 0.264 e. The van der Waals surface area contributed by atoms with Crippen LogP contribution in [0.4, 0.5) is 10.1 Å². The first-order chi connectivity index (χ1) is 21.2. The molecule has 0 aliphatic heterocycles. The van der Waals surface area contributed by atoms with E-state index in [1.54, 1.807) is 55.6 Å². The van der Waals surface area contributed by atoms with Crippen LogP contribution < -0.4 is 19.1 Å². The molecule has 1 saturated carbocycles. The van der Waals surface area contributed by atoms with E-state index in [4.69, 9.17) is 9.47 Å². The summed E-state index contributed by atoms with van der Waals surface area (Å²) < 4.78 is 53.4. The third-order valence-corrected chi connectivity index (χ3v) is 9.50. The molecule has 3 aromatic rings. The Balaban J connectivity index is 1.71. The van der Waals surface area contributed by atoms with Crippen molar-refractivity contribution in [2.75, 3.05) is 24.6 Å². The van der Waals surface area contributed by atoms with E-state index >= 15 is 0 Å². The maximum absolute atomic E-state index is 14.2. The van der Waals surface area contributed by atoms with E-state index in [9.17, 15) is 22.4 Å². The molecule has 44 heavy (non-hydrogen) atoms. The molecule has 11 heteroatoms. The van der Waals surface area contributed by atoms with Crippen LogP contribution >= 0.6 is 0 Å². The predicted molar refractivity (Wildman–Crippen MR) is 167 cm³/mol. The largest absolute Gasteiger partial charge is 0.497 e. The highest BCUT2D eigenvalue weighted by atomic mass is 32.2. The van der Waals surface area contributed by atoms with Crippen LogP contribution in [0, 0.1) is 5.82 Å². The Hall–Kier alpha value is -4.12. The van der Waals surface area contributed by atoms with Crippen molar-refractivity contribution < 1.29 is 31.9 Å². The third-order valence-electron chi connectivity index (χ3n) is 7.72. The van der Waals surface area contributed by atoms with Gasteiger partial charge in [0.25, 0.3) is 10.0 Å². The summed E-state index contributed by atoms with van der Waals surface area (Å²) >= 11 is 0. The van der Waals surface area contributed by atoms with E-state index in [1.807, 2.05) is 13.8 Å². The van der Waals surface area contributed by atoms with Gasteiger partial charge in [-0.2, -0.15) is 0 Å². The standard InChI is InChI=1S/C33H40FN3O6S/c1-4-31(33(39)35-26-8-6-7-9-26)36(22-24-10-16-28(42-3)17-11-24)32(38)23-37(27-14-18-29(19-15-27)43-5-2)44(40,41)30-20-12-25(34)13-21-30/h10-21,26,31H,4-9,22-23H2,1-3H3,(H,35,39)/t31-/m1/s1. The molecule has 9 nitrogen and oxygen atoms in total. The number of rotatable bonds is 14. The van der Waals surface area contributed by atoms with Crippen LogP contribution in [-0.4, -0.2) is 57.5 Å². The second-order valence-corrected chi connectivity index (χ2v) is 12.5. The van der Waals surface area contributed by atoms with Crippen LogP contribution in [0.3, 0.4) is 0 Å². The lowest BCUT2D eigenvalue weighted by atomic mass is 10.1. The highest BCUT2D eigenvalue weighted by molar-refractivity contribution is 7.92. The molecule has 0 aromatic heterocycles. The third kappa shape index (κ3) is 8.07. The molecule has 4 rings (SSSR count). The number of halogens is 1. The molecule has 0 saturated heterocycles. The number of benzene rings is 3. The van der Waals surface area contributed by atoms with Crippen LogP contribution in [0.5, 0.6) is 11.5 Å². The van der Waals surface area contributed by atoms with E-state index in [0.29, 0.717) is 24.5 Å². The number of ether oxygens (including phenoxy) is 2. The minimum Gasteiger partial charge on any atom is -0.497 e. The van der Waals surface area contributed by atoms with Gasteiger partial charge in [0.1, 0.15) is 29.9 Å². The molecule has 2 amide bonds. The first kappa shape index (κ1) is 32.8. The van der Waals surface area contributed by atoms with Gasteiger partial charge in [0, 0.05) is 12.6 Å². The number of hydrogen-bond acceptors (Lipinski definition) is 6. The van der Waals surface area contributed by atoms with Crippen molar-refractivity contribution in [3.63, 3.8) is 0 Å². The van der Waals surface area contributed by atoms with E-state index in [2.05, 4.69) is 5.32 Å². The molecule has 1 fully saturated rings. The zero-order valence-corrected chi connectivity index (χ0v) is 26.2. The lowest BCUT2D eigenvalue weighted by Gasteiger charge is -2.33. The zero-order valence-electron chi connectivity index (χ0n) is 25.4. The molecule has 0 radical (unpaired) electrons. The normalized spacial score (nSPS) is 14.1. The van der Waals surface area contributed by atoms with Gasteiger partial charge in [-0.3, -0.25) is 13.9 Å². The first-order valence-electron chi connectivity index (χ1n) is 14.9. The van der Waals surface area contributed by atoms with Crippen molar-refractivity contribution in [2.45, 2.75) is 69.5 Å². The Labute approximate surface area is 259 Å². The lowest BCUT2D eigenvalue weighted by Crippen LogP contribution is -2.53. The summed E-state index contributed by atoms with van der Waals surface area (Å²) in [4.78, 5) is 29.1. The van der Waals surface area contributed by atoms with Gasteiger partial charge in [0.15, 0.2) is 0 Å². The fraction of sp³-hybridized carbons (Fsp3) is 0.394. The fourth-order valence-corrected chi connectivity index (χ4v) is 6.77. The number of hydrogen-bond donors (Lipinski definition) is 1.